The van der Waals surface area contributed by atoms with Crippen molar-refractivity contribution in [3.63, 3.8) is 0 Å². The summed E-state index contributed by atoms with van der Waals surface area (Å²) in [6, 6.07) is 23.7. The van der Waals surface area contributed by atoms with Crippen LogP contribution in [0.5, 0.6) is 5.75 Å². The Bertz CT molecular complexity index is 1790. The van der Waals surface area contributed by atoms with Crippen LogP contribution in [0.25, 0.3) is 33.3 Å². The molecule has 198 valence electrons. The van der Waals surface area contributed by atoms with Crippen molar-refractivity contribution in [1.29, 1.82) is 0 Å². The molecule has 6 rings (SSSR count). The van der Waals surface area contributed by atoms with Gasteiger partial charge in [0.15, 0.2) is 24.0 Å². The van der Waals surface area contributed by atoms with Gasteiger partial charge in [-0.1, -0.05) is 42.5 Å². The van der Waals surface area contributed by atoms with Crippen molar-refractivity contribution in [3.05, 3.63) is 109 Å². The van der Waals surface area contributed by atoms with Crippen LogP contribution in [-0.4, -0.2) is 34.8 Å². The third kappa shape index (κ3) is 5.18. The molecule has 3 aromatic heterocycles. The van der Waals surface area contributed by atoms with E-state index < -0.39 is 5.97 Å². The molecule has 3 heterocycles. The molecule has 0 aliphatic carbocycles. The molecule has 9 heteroatoms. The Kier molecular flexibility index (Phi) is 7.02. The summed E-state index contributed by atoms with van der Waals surface area (Å²) >= 11 is 0. The average molecular weight is 533 g/mol. The smallest absolute Gasteiger partial charge is 0.341 e. The molecule has 0 aliphatic rings. The van der Waals surface area contributed by atoms with Gasteiger partial charge in [-0.2, -0.15) is 0 Å². The van der Waals surface area contributed by atoms with Gasteiger partial charge in [-0.15, -0.1) is 0 Å². The molecular weight excluding hydrogens is 508 g/mol. The van der Waals surface area contributed by atoms with Crippen LogP contribution in [0.4, 0.5) is 11.4 Å². The largest absolute Gasteiger partial charge is 0.467 e. The molecule has 0 saturated carbocycles. The standard InChI is InChI=1S/C31H24N4O5/c1-37-31(36)22-15-33-30(34-16-22)29-28(25-12-13-32-17-27(25)40-29)35-23-10-11-24-21(14-23)8-5-9-26(24)39-19-38-18-20-6-3-2-4-7-20/h2-17,35H,18-19H2,1H3. The molecule has 0 radical (unpaired) electrons. The maximum Gasteiger partial charge on any atom is 0.341 e. The molecule has 0 spiro atoms. The number of ether oxygens (including phenoxy) is 3. The van der Waals surface area contributed by atoms with Gasteiger partial charge in [-0.05, 0) is 41.3 Å². The number of benzene rings is 3. The van der Waals surface area contributed by atoms with E-state index in [2.05, 4.69) is 20.3 Å². The van der Waals surface area contributed by atoms with Crippen molar-refractivity contribution in [2.24, 2.45) is 0 Å². The Labute approximate surface area is 229 Å². The fourth-order valence-corrected chi connectivity index (χ4v) is 4.34. The maximum absolute atomic E-state index is 11.8. The van der Waals surface area contributed by atoms with Crippen LogP contribution >= 0.6 is 0 Å². The first-order valence-electron chi connectivity index (χ1n) is 12.5. The fourth-order valence-electron chi connectivity index (χ4n) is 4.34. The Morgan fingerprint density at radius 3 is 2.60 bits per heavy atom. The van der Waals surface area contributed by atoms with Gasteiger partial charge in [0, 0.05) is 35.1 Å². The van der Waals surface area contributed by atoms with Crippen LogP contribution in [0, 0.1) is 0 Å². The molecule has 0 atom stereocenters. The van der Waals surface area contributed by atoms with Crippen LogP contribution in [0.2, 0.25) is 0 Å². The average Bonchev–Trinajstić information content (AvgIpc) is 3.37. The first kappa shape index (κ1) is 25.0. The number of esters is 1. The number of rotatable bonds is 9. The number of nitrogens with one attached hydrogen (secondary N) is 1. The van der Waals surface area contributed by atoms with Crippen LogP contribution in [0.3, 0.4) is 0 Å². The van der Waals surface area contributed by atoms with Crippen molar-refractivity contribution >= 4 is 39.1 Å². The van der Waals surface area contributed by atoms with Crippen molar-refractivity contribution in [2.45, 2.75) is 6.61 Å². The second kappa shape index (κ2) is 11.2. The zero-order chi connectivity index (χ0) is 27.3. The van der Waals surface area contributed by atoms with Crippen LogP contribution < -0.4 is 10.1 Å². The lowest BCUT2D eigenvalue weighted by atomic mass is 10.1. The number of pyridine rings is 1. The number of furan rings is 1. The van der Waals surface area contributed by atoms with E-state index in [-0.39, 0.29) is 12.4 Å². The summed E-state index contributed by atoms with van der Waals surface area (Å²) in [6.45, 7) is 0.618. The molecule has 0 aliphatic heterocycles. The predicted molar refractivity (Wildman–Crippen MR) is 150 cm³/mol. The van der Waals surface area contributed by atoms with Gasteiger partial charge < -0.3 is 23.9 Å². The van der Waals surface area contributed by atoms with Gasteiger partial charge in [-0.3, -0.25) is 4.98 Å². The van der Waals surface area contributed by atoms with E-state index in [0.29, 0.717) is 29.5 Å². The lowest BCUT2D eigenvalue weighted by Gasteiger charge is -2.12. The van der Waals surface area contributed by atoms with Crippen molar-refractivity contribution < 1.29 is 23.4 Å². The third-order valence-corrected chi connectivity index (χ3v) is 6.29. The SMILES string of the molecule is COC(=O)c1cnc(-c2oc3cnccc3c2Nc2ccc3c(OCOCc4ccccc4)cccc3c2)nc1. The van der Waals surface area contributed by atoms with Gasteiger partial charge in [0.25, 0.3) is 0 Å². The first-order chi connectivity index (χ1) is 19.7. The Morgan fingerprint density at radius 2 is 1.77 bits per heavy atom. The molecular formula is C31H24N4O5. The van der Waals surface area contributed by atoms with E-state index in [4.69, 9.17) is 18.6 Å². The Balaban J connectivity index is 1.25. The summed E-state index contributed by atoms with van der Waals surface area (Å²) in [5.74, 6) is 0.961. The Hall–Kier alpha value is -5.28. The first-order valence-corrected chi connectivity index (χ1v) is 12.5. The Morgan fingerprint density at radius 1 is 0.925 bits per heavy atom. The summed E-state index contributed by atoms with van der Waals surface area (Å²) in [6.07, 6.45) is 6.14. The van der Waals surface area contributed by atoms with Gasteiger partial charge in [0.05, 0.1) is 31.2 Å². The van der Waals surface area contributed by atoms with E-state index in [1.165, 1.54) is 19.5 Å². The second-order valence-corrected chi connectivity index (χ2v) is 8.88. The molecule has 1 N–H and O–H groups in total. The monoisotopic (exact) mass is 532 g/mol. The van der Waals surface area contributed by atoms with Crippen molar-refractivity contribution in [1.82, 2.24) is 15.0 Å². The van der Waals surface area contributed by atoms with Gasteiger partial charge in [0.1, 0.15) is 5.75 Å². The molecule has 0 amide bonds. The normalized spacial score (nSPS) is 11.0. The van der Waals surface area contributed by atoms with E-state index in [1.54, 1.807) is 12.4 Å². The zero-order valence-electron chi connectivity index (χ0n) is 21.5. The van der Waals surface area contributed by atoms with Crippen molar-refractivity contribution in [2.75, 3.05) is 19.2 Å². The number of nitrogens with zero attached hydrogens (tertiary/aromatic N) is 3. The minimum Gasteiger partial charge on any atom is -0.467 e. The fraction of sp³-hybridized carbons (Fsp3) is 0.0968. The number of carbonyl (C=O) groups excluding carboxylic acids is 1. The number of anilines is 2. The lowest BCUT2D eigenvalue weighted by molar-refractivity contribution is 0.00589. The molecule has 40 heavy (non-hydrogen) atoms. The molecule has 0 saturated heterocycles. The number of hydrogen-bond donors (Lipinski definition) is 1. The summed E-state index contributed by atoms with van der Waals surface area (Å²) in [7, 11) is 1.31. The van der Waals surface area contributed by atoms with Gasteiger partial charge in [0.2, 0.25) is 0 Å². The van der Waals surface area contributed by atoms with E-state index >= 15 is 0 Å². The number of carbonyl (C=O) groups is 1. The maximum atomic E-state index is 11.8. The van der Waals surface area contributed by atoms with E-state index in [0.717, 1.165) is 33.2 Å². The van der Waals surface area contributed by atoms with E-state index in [9.17, 15) is 4.79 Å². The molecule has 9 nitrogen and oxygen atoms in total. The van der Waals surface area contributed by atoms with E-state index in [1.807, 2.05) is 72.8 Å². The molecule has 0 fully saturated rings. The number of fused-ring (bicyclic) bond motifs is 2. The molecule has 3 aromatic carbocycles. The molecule has 0 unspecified atom stereocenters. The minimum atomic E-state index is -0.513. The predicted octanol–water partition coefficient (Wildman–Crippen LogP) is 6.52. The van der Waals surface area contributed by atoms with Crippen LogP contribution in [0.1, 0.15) is 15.9 Å². The zero-order valence-corrected chi connectivity index (χ0v) is 21.5. The number of hydrogen-bond acceptors (Lipinski definition) is 9. The summed E-state index contributed by atoms with van der Waals surface area (Å²) < 4.78 is 22.5. The second-order valence-electron chi connectivity index (χ2n) is 8.88. The topological polar surface area (TPSA) is 109 Å². The quantitative estimate of drug-likeness (QED) is 0.126. The van der Waals surface area contributed by atoms with Gasteiger partial charge >= 0.3 is 5.97 Å². The highest BCUT2D eigenvalue weighted by Crippen LogP contribution is 2.39. The van der Waals surface area contributed by atoms with Gasteiger partial charge in [-0.25, -0.2) is 14.8 Å². The summed E-state index contributed by atoms with van der Waals surface area (Å²) in [4.78, 5) is 24.7. The van der Waals surface area contributed by atoms with Crippen LogP contribution in [-0.2, 0) is 16.1 Å². The third-order valence-electron chi connectivity index (χ3n) is 6.29. The highest BCUT2D eigenvalue weighted by molar-refractivity contribution is 6.00. The lowest BCUT2D eigenvalue weighted by Crippen LogP contribution is -2.03. The molecule has 6 aromatic rings. The summed E-state index contributed by atoms with van der Waals surface area (Å²) in [5, 5.41) is 6.23. The minimum absolute atomic E-state index is 0.140. The van der Waals surface area contributed by atoms with Crippen LogP contribution in [0.15, 0.2) is 102 Å². The highest BCUT2D eigenvalue weighted by atomic mass is 16.7. The summed E-state index contributed by atoms with van der Waals surface area (Å²) in [5.41, 5.74) is 3.43. The molecule has 0 bridgehead atoms. The number of methoxy groups -OCH3 is 1. The number of aromatic nitrogens is 3. The van der Waals surface area contributed by atoms with Crippen molar-refractivity contribution in [3.8, 4) is 17.3 Å². The highest BCUT2D eigenvalue weighted by Gasteiger charge is 2.20.